The molecule has 28 heavy (non-hydrogen) atoms. The van der Waals surface area contributed by atoms with Crippen LogP contribution in [0.25, 0.3) is 16.8 Å². The molecule has 0 radical (unpaired) electrons. The van der Waals surface area contributed by atoms with Crippen LogP contribution in [0.2, 0.25) is 0 Å². The maximum absolute atomic E-state index is 12.3. The second-order valence-corrected chi connectivity index (χ2v) is 7.74. The van der Waals surface area contributed by atoms with Crippen LogP contribution in [0, 0.1) is 16.7 Å². The minimum Gasteiger partial charge on any atom is -0.489 e. The standard InChI is InChI=1S/C25H23NO2/c1-25(2,3)24(27)21(16-26)15-18-11-13-22(14-12-18)28-17-20-9-6-8-19-7-4-5-10-23(19)20/h4-15H,17H2,1-3H3. The summed E-state index contributed by atoms with van der Waals surface area (Å²) >= 11 is 0. The predicted molar refractivity (Wildman–Crippen MR) is 113 cm³/mol. The van der Waals surface area contributed by atoms with Gasteiger partial charge in [0.05, 0.1) is 5.57 Å². The van der Waals surface area contributed by atoms with Crippen molar-refractivity contribution in [1.82, 2.24) is 0 Å². The van der Waals surface area contributed by atoms with Gasteiger partial charge in [0.1, 0.15) is 18.4 Å². The van der Waals surface area contributed by atoms with E-state index >= 15 is 0 Å². The molecule has 0 fully saturated rings. The van der Waals surface area contributed by atoms with Gasteiger partial charge in [-0.05, 0) is 40.1 Å². The van der Waals surface area contributed by atoms with E-state index in [1.807, 2.05) is 69.3 Å². The van der Waals surface area contributed by atoms with Crippen LogP contribution >= 0.6 is 0 Å². The Hall–Kier alpha value is -3.38. The Morgan fingerprint density at radius 1 is 1.00 bits per heavy atom. The molecule has 0 aliphatic heterocycles. The SMILES string of the molecule is CC(C)(C)C(=O)C(C#N)=Cc1ccc(OCc2cccc3ccccc23)cc1. The average molecular weight is 369 g/mol. The van der Waals surface area contributed by atoms with Crippen LogP contribution in [0.1, 0.15) is 31.9 Å². The molecule has 0 heterocycles. The summed E-state index contributed by atoms with van der Waals surface area (Å²) in [5.41, 5.74) is 1.51. The molecule has 0 aliphatic carbocycles. The molecule has 3 rings (SSSR count). The molecule has 3 heteroatoms. The zero-order valence-electron chi connectivity index (χ0n) is 16.4. The number of carbonyl (C=O) groups is 1. The Kier molecular flexibility index (Phi) is 5.61. The van der Waals surface area contributed by atoms with Crippen LogP contribution in [0.5, 0.6) is 5.75 Å². The number of allylic oxidation sites excluding steroid dienone is 1. The second-order valence-electron chi connectivity index (χ2n) is 7.74. The van der Waals surface area contributed by atoms with Crippen molar-refractivity contribution in [1.29, 1.82) is 5.26 Å². The molecule has 0 spiro atoms. The van der Waals surface area contributed by atoms with E-state index in [0.717, 1.165) is 16.9 Å². The quantitative estimate of drug-likeness (QED) is 0.413. The summed E-state index contributed by atoms with van der Waals surface area (Å²) in [5, 5.41) is 11.7. The lowest BCUT2D eigenvalue weighted by Gasteiger charge is -2.15. The molecule has 0 unspecified atom stereocenters. The molecule has 0 bridgehead atoms. The van der Waals surface area contributed by atoms with E-state index in [2.05, 4.69) is 24.3 Å². The molecule has 0 N–H and O–H groups in total. The van der Waals surface area contributed by atoms with Crippen LogP contribution in [0.3, 0.4) is 0 Å². The fourth-order valence-electron chi connectivity index (χ4n) is 2.96. The van der Waals surface area contributed by atoms with Gasteiger partial charge in [-0.3, -0.25) is 4.79 Å². The number of nitrogens with zero attached hydrogens (tertiary/aromatic N) is 1. The van der Waals surface area contributed by atoms with E-state index in [-0.39, 0.29) is 11.4 Å². The summed E-state index contributed by atoms with van der Waals surface area (Å²) in [7, 11) is 0. The highest BCUT2D eigenvalue weighted by Crippen LogP contribution is 2.23. The third-order valence-electron chi connectivity index (χ3n) is 4.51. The molecule has 0 aromatic heterocycles. The van der Waals surface area contributed by atoms with Gasteiger partial charge in [-0.25, -0.2) is 0 Å². The highest BCUT2D eigenvalue weighted by molar-refractivity contribution is 6.06. The lowest BCUT2D eigenvalue weighted by Crippen LogP contribution is -2.21. The van der Waals surface area contributed by atoms with Gasteiger partial charge in [0.2, 0.25) is 0 Å². The van der Waals surface area contributed by atoms with Crippen LogP contribution in [-0.2, 0) is 11.4 Å². The van der Waals surface area contributed by atoms with Crippen molar-refractivity contribution in [3.05, 3.63) is 83.4 Å². The number of fused-ring (bicyclic) bond motifs is 1. The number of Topliss-reactive ketones (excluding diaryl/α,β-unsaturated/α-hetero) is 1. The van der Waals surface area contributed by atoms with E-state index in [4.69, 9.17) is 4.74 Å². The van der Waals surface area contributed by atoms with Gasteiger partial charge in [-0.15, -0.1) is 0 Å². The van der Waals surface area contributed by atoms with Crippen LogP contribution in [-0.4, -0.2) is 5.78 Å². The molecular weight excluding hydrogens is 346 g/mol. The van der Waals surface area contributed by atoms with Gasteiger partial charge >= 0.3 is 0 Å². The summed E-state index contributed by atoms with van der Waals surface area (Å²) in [4.78, 5) is 12.3. The first-order valence-corrected chi connectivity index (χ1v) is 9.24. The number of ether oxygens (including phenoxy) is 1. The Labute approximate surface area is 165 Å². The Balaban J connectivity index is 1.73. The van der Waals surface area contributed by atoms with E-state index in [1.165, 1.54) is 10.8 Å². The Bertz CT molecular complexity index is 1060. The minimum absolute atomic E-state index is 0.161. The molecule has 140 valence electrons. The van der Waals surface area contributed by atoms with Crippen molar-refractivity contribution >= 4 is 22.6 Å². The molecule has 3 aromatic rings. The second kappa shape index (κ2) is 8.10. The summed E-state index contributed by atoms with van der Waals surface area (Å²) < 4.78 is 5.94. The fraction of sp³-hybridized carbons (Fsp3) is 0.200. The van der Waals surface area contributed by atoms with E-state index < -0.39 is 5.41 Å². The maximum Gasteiger partial charge on any atom is 0.178 e. The summed E-state index contributed by atoms with van der Waals surface area (Å²) in [6.07, 6.45) is 1.63. The maximum atomic E-state index is 12.3. The molecular formula is C25H23NO2. The monoisotopic (exact) mass is 369 g/mol. The number of rotatable bonds is 5. The largest absolute Gasteiger partial charge is 0.489 e. The van der Waals surface area contributed by atoms with Crippen LogP contribution in [0.15, 0.2) is 72.3 Å². The van der Waals surface area contributed by atoms with Crippen molar-refractivity contribution in [3.63, 3.8) is 0 Å². The predicted octanol–water partition coefficient (Wildman–Crippen LogP) is 5.94. The third kappa shape index (κ3) is 4.47. The third-order valence-corrected chi connectivity index (χ3v) is 4.51. The number of nitriles is 1. The van der Waals surface area contributed by atoms with Gasteiger partial charge in [0.15, 0.2) is 5.78 Å². The Morgan fingerprint density at radius 3 is 2.36 bits per heavy atom. The molecule has 0 saturated heterocycles. The van der Waals surface area contributed by atoms with Crippen LogP contribution < -0.4 is 4.74 Å². The molecule has 0 aliphatic rings. The number of hydrogen-bond acceptors (Lipinski definition) is 3. The van der Waals surface area contributed by atoms with Gasteiger partial charge in [-0.2, -0.15) is 5.26 Å². The van der Waals surface area contributed by atoms with Crippen molar-refractivity contribution in [3.8, 4) is 11.8 Å². The Morgan fingerprint density at radius 2 is 1.68 bits per heavy atom. The van der Waals surface area contributed by atoms with Gasteiger partial charge in [0, 0.05) is 5.41 Å². The molecule has 0 amide bonds. The first-order valence-electron chi connectivity index (χ1n) is 9.24. The summed E-state index contributed by atoms with van der Waals surface area (Å²) in [5.74, 6) is 0.581. The highest BCUT2D eigenvalue weighted by atomic mass is 16.5. The van der Waals surface area contributed by atoms with E-state index in [9.17, 15) is 10.1 Å². The number of benzene rings is 3. The van der Waals surface area contributed by atoms with Crippen molar-refractivity contribution < 1.29 is 9.53 Å². The van der Waals surface area contributed by atoms with Gasteiger partial charge in [0.25, 0.3) is 0 Å². The smallest absolute Gasteiger partial charge is 0.178 e. The number of carbonyl (C=O) groups excluding carboxylic acids is 1. The lowest BCUT2D eigenvalue weighted by atomic mass is 9.86. The van der Waals surface area contributed by atoms with Gasteiger partial charge < -0.3 is 4.74 Å². The van der Waals surface area contributed by atoms with Crippen molar-refractivity contribution in [2.75, 3.05) is 0 Å². The van der Waals surface area contributed by atoms with Crippen LogP contribution in [0.4, 0.5) is 0 Å². The lowest BCUT2D eigenvalue weighted by molar-refractivity contribution is -0.121. The number of ketones is 1. The first kappa shape index (κ1) is 19.4. The topological polar surface area (TPSA) is 50.1 Å². The normalized spacial score (nSPS) is 11.9. The van der Waals surface area contributed by atoms with Crippen molar-refractivity contribution in [2.45, 2.75) is 27.4 Å². The van der Waals surface area contributed by atoms with Gasteiger partial charge in [-0.1, -0.05) is 75.4 Å². The molecule has 3 aromatic carbocycles. The fourth-order valence-corrected chi connectivity index (χ4v) is 2.96. The first-order chi connectivity index (χ1) is 13.4. The van der Waals surface area contributed by atoms with E-state index in [1.54, 1.807) is 6.08 Å². The molecule has 0 saturated carbocycles. The minimum atomic E-state index is -0.580. The van der Waals surface area contributed by atoms with E-state index in [0.29, 0.717) is 6.61 Å². The molecule has 0 atom stereocenters. The average Bonchev–Trinajstić information content (AvgIpc) is 2.70. The highest BCUT2D eigenvalue weighted by Gasteiger charge is 2.24. The summed E-state index contributed by atoms with van der Waals surface area (Å²) in [6, 6.07) is 23.9. The zero-order chi connectivity index (χ0) is 20.1. The number of hydrogen-bond donors (Lipinski definition) is 0. The zero-order valence-corrected chi connectivity index (χ0v) is 16.4. The summed E-state index contributed by atoms with van der Waals surface area (Å²) in [6.45, 7) is 5.91. The van der Waals surface area contributed by atoms with Crippen molar-refractivity contribution in [2.24, 2.45) is 5.41 Å². The molecule has 3 nitrogen and oxygen atoms in total.